The molecular formula is C12H9Br2NO. The van der Waals surface area contributed by atoms with Crippen LogP contribution in [0.1, 0.15) is 5.56 Å². The second-order valence-electron chi connectivity index (χ2n) is 3.22. The molecule has 0 unspecified atom stereocenters. The van der Waals surface area contributed by atoms with Gasteiger partial charge in [-0.15, -0.1) is 0 Å². The number of hydrogen-bond donors (Lipinski definition) is 0. The molecule has 0 spiro atoms. The number of aromatic nitrogens is 1. The summed E-state index contributed by atoms with van der Waals surface area (Å²) in [5.41, 5.74) is 1.22. The van der Waals surface area contributed by atoms with E-state index in [9.17, 15) is 0 Å². The maximum atomic E-state index is 5.65. The minimum Gasteiger partial charge on any atom is -0.456 e. The Morgan fingerprint density at radius 3 is 2.44 bits per heavy atom. The Morgan fingerprint density at radius 2 is 1.81 bits per heavy atom. The molecule has 1 aromatic heterocycles. The maximum Gasteiger partial charge on any atom is 0.146 e. The van der Waals surface area contributed by atoms with Crippen LogP contribution < -0.4 is 4.74 Å². The Hall–Kier alpha value is -0.870. The van der Waals surface area contributed by atoms with Gasteiger partial charge in [-0.05, 0) is 39.7 Å². The lowest BCUT2D eigenvalue weighted by Gasteiger charge is -2.05. The van der Waals surface area contributed by atoms with Crippen molar-refractivity contribution in [3.8, 4) is 11.5 Å². The van der Waals surface area contributed by atoms with Crippen LogP contribution in [0.4, 0.5) is 0 Å². The molecule has 0 amide bonds. The molecule has 0 atom stereocenters. The topological polar surface area (TPSA) is 22.1 Å². The van der Waals surface area contributed by atoms with Gasteiger partial charge in [-0.25, -0.2) is 0 Å². The van der Waals surface area contributed by atoms with Crippen LogP contribution in [-0.2, 0) is 5.33 Å². The highest BCUT2D eigenvalue weighted by Gasteiger charge is 1.98. The third kappa shape index (κ3) is 3.06. The Morgan fingerprint density at radius 1 is 1.06 bits per heavy atom. The number of pyridine rings is 1. The second-order valence-corrected chi connectivity index (χ2v) is 4.69. The van der Waals surface area contributed by atoms with Gasteiger partial charge in [-0.2, -0.15) is 0 Å². The molecule has 0 aliphatic heterocycles. The van der Waals surface area contributed by atoms with Crippen molar-refractivity contribution in [2.75, 3.05) is 0 Å². The van der Waals surface area contributed by atoms with E-state index < -0.39 is 0 Å². The summed E-state index contributed by atoms with van der Waals surface area (Å²) in [6.45, 7) is 0. The highest BCUT2D eigenvalue weighted by Crippen LogP contribution is 2.23. The number of ether oxygens (including phenoxy) is 1. The van der Waals surface area contributed by atoms with Crippen molar-refractivity contribution in [2.24, 2.45) is 0 Å². The van der Waals surface area contributed by atoms with E-state index in [4.69, 9.17) is 4.74 Å². The molecule has 0 aliphatic rings. The molecule has 2 nitrogen and oxygen atoms in total. The molecule has 2 rings (SSSR count). The molecule has 1 heterocycles. The third-order valence-corrected chi connectivity index (χ3v) is 3.07. The summed E-state index contributed by atoms with van der Waals surface area (Å²) in [6.07, 6.45) is 3.41. The van der Waals surface area contributed by atoms with Crippen LogP contribution in [0.3, 0.4) is 0 Å². The smallest absolute Gasteiger partial charge is 0.146 e. The minimum absolute atomic E-state index is 0.723. The average molecular weight is 343 g/mol. The Bertz CT molecular complexity index is 471. The first-order valence-corrected chi connectivity index (χ1v) is 6.62. The average Bonchev–Trinajstić information content (AvgIpc) is 2.30. The van der Waals surface area contributed by atoms with Crippen LogP contribution in [0.15, 0.2) is 47.2 Å². The highest BCUT2D eigenvalue weighted by molar-refractivity contribution is 9.10. The van der Waals surface area contributed by atoms with Gasteiger partial charge in [0.05, 0.1) is 6.20 Å². The van der Waals surface area contributed by atoms with Crippen LogP contribution in [0.25, 0.3) is 0 Å². The van der Waals surface area contributed by atoms with E-state index in [-0.39, 0.29) is 0 Å². The van der Waals surface area contributed by atoms with Crippen molar-refractivity contribution in [2.45, 2.75) is 5.33 Å². The molecule has 0 radical (unpaired) electrons. The fraction of sp³-hybridized carbons (Fsp3) is 0.0833. The van der Waals surface area contributed by atoms with Gasteiger partial charge in [0.1, 0.15) is 11.5 Å². The molecule has 2 aromatic rings. The van der Waals surface area contributed by atoms with Gasteiger partial charge >= 0.3 is 0 Å². The van der Waals surface area contributed by atoms with Gasteiger partial charge in [0.2, 0.25) is 0 Å². The number of nitrogens with zero attached hydrogens (tertiary/aromatic N) is 1. The first-order chi connectivity index (χ1) is 7.78. The molecule has 1 aromatic carbocycles. The zero-order chi connectivity index (χ0) is 11.4. The third-order valence-electron chi connectivity index (χ3n) is 1.99. The van der Waals surface area contributed by atoms with Crippen LogP contribution in [0.2, 0.25) is 0 Å². The summed E-state index contributed by atoms with van der Waals surface area (Å²) < 4.78 is 6.56. The van der Waals surface area contributed by atoms with Crippen molar-refractivity contribution < 1.29 is 4.74 Å². The molecule has 0 bridgehead atoms. The first kappa shape index (κ1) is 11.6. The number of benzene rings is 1. The SMILES string of the molecule is BrCc1ccc(Oc2cncc(Br)c2)cc1. The summed E-state index contributed by atoms with van der Waals surface area (Å²) in [5, 5.41) is 0.853. The van der Waals surface area contributed by atoms with Crippen molar-refractivity contribution in [3.63, 3.8) is 0 Å². The maximum absolute atomic E-state index is 5.65. The Labute approximate surface area is 111 Å². The van der Waals surface area contributed by atoms with E-state index in [2.05, 4.69) is 36.8 Å². The fourth-order valence-electron chi connectivity index (χ4n) is 1.23. The first-order valence-electron chi connectivity index (χ1n) is 4.71. The number of alkyl halides is 1. The van der Waals surface area contributed by atoms with Crippen LogP contribution >= 0.6 is 31.9 Å². The lowest BCUT2D eigenvalue weighted by Crippen LogP contribution is -1.86. The largest absolute Gasteiger partial charge is 0.456 e. The van der Waals surface area contributed by atoms with Crippen molar-refractivity contribution in [3.05, 3.63) is 52.8 Å². The van der Waals surface area contributed by atoms with Gasteiger partial charge in [0.15, 0.2) is 0 Å². The zero-order valence-corrected chi connectivity index (χ0v) is 11.5. The van der Waals surface area contributed by atoms with Gasteiger partial charge in [-0.3, -0.25) is 4.98 Å². The molecule has 82 valence electrons. The minimum atomic E-state index is 0.723. The molecule has 0 fully saturated rings. The van der Waals surface area contributed by atoms with Crippen LogP contribution in [0, 0.1) is 0 Å². The van der Waals surface area contributed by atoms with E-state index in [1.807, 2.05) is 30.3 Å². The van der Waals surface area contributed by atoms with Gasteiger partial charge in [-0.1, -0.05) is 28.1 Å². The molecule has 0 saturated heterocycles. The van der Waals surface area contributed by atoms with Crippen molar-refractivity contribution in [1.82, 2.24) is 4.98 Å². The standard InChI is InChI=1S/C12H9Br2NO/c13-6-9-1-3-11(4-2-9)16-12-5-10(14)7-15-8-12/h1-5,7-8H,6H2. The van der Waals surface area contributed by atoms with E-state index in [1.165, 1.54) is 5.56 Å². The lowest BCUT2D eigenvalue weighted by molar-refractivity contribution is 0.480. The molecule has 4 heteroatoms. The summed E-state index contributed by atoms with van der Waals surface area (Å²) in [6, 6.07) is 9.81. The molecular weight excluding hydrogens is 334 g/mol. The number of rotatable bonds is 3. The van der Waals surface area contributed by atoms with E-state index >= 15 is 0 Å². The van der Waals surface area contributed by atoms with E-state index in [0.29, 0.717) is 0 Å². The molecule has 0 N–H and O–H groups in total. The summed E-state index contributed by atoms with van der Waals surface area (Å²) >= 11 is 6.75. The molecule has 16 heavy (non-hydrogen) atoms. The predicted octanol–water partition coefficient (Wildman–Crippen LogP) is 4.53. The van der Waals surface area contributed by atoms with Crippen molar-refractivity contribution in [1.29, 1.82) is 0 Å². The lowest BCUT2D eigenvalue weighted by atomic mass is 10.2. The molecule has 0 aliphatic carbocycles. The summed E-state index contributed by atoms with van der Waals surface area (Å²) in [5.74, 6) is 1.53. The summed E-state index contributed by atoms with van der Waals surface area (Å²) in [4.78, 5) is 4.03. The van der Waals surface area contributed by atoms with Crippen molar-refractivity contribution >= 4 is 31.9 Å². The number of halogens is 2. The fourth-order valence-corrected chi connectivity index (χ4v) is 1.95. The quantitative estimate of drug-likeness (QED) is 0.764. The zero-order valence-electron chi connectivity index (χ0n) is 8.36. The van der Waals surface area contributed by atoms with Gasteiger partial charge < -0.3 is 4.74 Å². The van der Waals surface area contributed by atoms with Crippen LogP contribution in [-0.4, -0.2) is 4.98 Å². The Kier molecular flexibility index (Phi) is 3.96. The Balaban J connectivity index is 2.14. The normalized spacial score (nSPS) is 10.1. The summed E-state index contributed by atoms with van der Waals surface area (Å²) in [7, 11) is 0. The molecule has 0 saturated carbocycles. The monoisotopic (exact) mass is 341 g/mol. The van der Waals surface area contributed by atoms with E-state index in [1.54, 1.807) is 12.4 Å². The van der Waals surface area contributed by atoms with E-state index in [0.717, 1.165) is 21.3 Å². The predicted molar refractivity (Wildman–Crippen MR) is 71.1 cm³/mol. The van der Waals surface area contributed by atoms with Gasteiger partial charge in [0.25, 0.3) is 0 Å². The van der Waals surface area contributed by atoms with Gasteiger partial charge in [0, 0.05) is 16.0 Å². The highest BCUT2D eigenvalue weighted by atomic mass is 79.9. The van der Waals surface area contributed by atoms with Crippen LogP contribution in [0.5, 0.6) is 11.5 Å². The number of hydrogen-bond acceptors (Lipinski definition) is 2. The second kappa shape index (κ2) is 5.46.